The zero-order valence-electron chi connectivity index (χ0n) is 10.1. The van der Waals surface area contributed by atoms with E-state index in [4.69, 9.17) is 5.73 Å². The first-order chi connectivity index (χ1) is 8.00. The molecule has 0 spiro atoms. The summed E-state index contributed by atoms with van der Waals surface area (Å²) in [6, 6.07) is 5.56. The molecule has 88 valence electrons. The lowest BCUT2D eigenvalue weighted by Gasteiger charge is -2.06. The van der Waals surface area contributed by atoms with Crippen LogP contribution in [0.15, 0.2) is 18.2 Å². The molecule has 0 saturated carbocycles. The third-order valence-corrected chi connectivity index (χ3v) is 3.96. The molecule has 1 amide bonds. The minimum Gasteiger partial charge on any atom is -0.366 e. The van der Waals surface area contributed by atoms with Crippen LogP contribution in [-0.4, -0.2) is 10.9 Å². The van der Waals surface area contributed by atoms with Crippen LogP contribution in [0.5, 0.6) is 0 Å². The largest absolute Gasteiger partial charge is 0.366 e. The summed E-state index contributed by atoms with van der Waals surface area (Å²) in [6.45, 7) is 5.94. The molecule has 2 rings (SSSR count). The van der Waals surface area contributed by atoms with E-state index in [2.05, 4.69) is 4.98 Å². The lowest BCUT2D eigenvalue weighted by atomic mass is 10.0. The van der Waals surface area contributed by atoms with Crippen LogP contribution >= 0.6 is 11.3 Å². The fraction of sp³-hybridized carbons (Fsp3) is 0.231. The summed E-state index contributed by atoms with van der Waals surface area (Å²) in [4.78, 5) is 17.0. The first kappa shape index (κ1) is 11.8. The van der Waals surface area contributed by atoms with Gasteiger partial charge in [0.2, 0.25) is 5.91 Å². The van der Waals surface area contributed by atoms with E-state index in [0.29, 0.717) is 5.56 Å². The van der Waals surface area contributed by atoms with Gasteiger partial charge in [0.15, 0.2) is 0 Å². The molecule has 1 aromatic carbocycles. The molecule has 1 aromatic heterocycles. The molecular weight excluding hydrogens is 232 g/mol. The van der Waals surface area contributed by atoms with Crippen LogP contribution in [0.3, 0.4) is 0 Å². The van der Waals surface area contributed by atoms with Crippen molar-refractivity contribution in [3.8, 4) is 10.6 Å². The van der Waals surface area contributed by atoms with Crippen LogP contribution in [-0.2, 0) is 0 Å². The number of carbonyl (C=O) groups excluding carboxylic acids is 1. The van der Waals surface area contributed by atoms with Gasteiger partial charge in [0, 0.05) is 16.0 Å². The van der Waals surface area contributed by atoms with Gasteiger partial charge in [0.25, 0.3) is 0 Å². The van der Waals surface area contributed by atoms with Crippen LogP contribution in [0.25, 0.3) is 10.6 Å². The van der Waals surface area contributed by atoms with E-state index in [1.54, 1.807) is 17.4 Å². The third-order valence-electron chi connectivity index (χ3n) is 2.86. The zero-order chi connectivity index (χ0) is 12.6. The van der Waals surface area contributed by atoms with Crippen LogP contribution < -0.4 is 5.73 Å². The average Bonchev–Trinajstić information content (AvgIpc) is 2.59. The van der Waals surface area contributed by atoms with Gasteiger partial charge in [-0.05, 0) is 32.4 Å². The van der Waals surface area contributed by atoms with Gasteiger partial charge in [0.1, 0.15) is 5.01 Å². The number of rotatable bonds is 2. The minimum absolute atomic E-state index is 0.394. The monoisotopic (exact) mass is 246 g/mol. The van der Waals surface area contributed by atoms with Crippen LogP contribution in [0.2, 0.25) is 0 Å². The van der Waals surface area contributed by atoms with Crippen molar-refractivity contribution < 1.29 is 4.79 Å². The van der Waals surface area contributed by atoms with Gasteiger partial charge in [-0.3, -0.25) is 4.79 Å². The number of aryl methyl sites for hydroxylation is 2. The molecule has 0 bridgehead atoms. The van der Waals surface area contributed by atoms with Crippen molar-refractivity contribution in [1.29, 1.82) is 0 Å². The number of carbonyl (C=O) groups is 1. The van der Waals surface area contributed by atoms with E-state index in [-0.39, 0.29) is 0 Å². The summed E-state index contributed by atoms with van der Waals surface area (Å²) in [5, 5.41) is 0.945. The number of hydrogen-bond acceptors (Lipinski definition) is 3. The number of nitrogens with two attached hydrogens (primary N) is 1. The molecule has 0 saturated heterocycles. The standard InChI is InChI=1S/C13H14N2OS/c1-7-10(12(14)16)5-4-6-11(7)13-15-8(2)9(3)17-13/h4-6H,1-3H3,(H2,14,16). The molecule has 0 aliphatic heterocycles. The molecule has 17 heavy (non-hydrogen) atoms. The maximum Gasteiger partial charge on any atom is 0.248 e. The highest BCUT2D eigenvalue weighted by Crippen LogP contribution is 2.30. The lowest BCUT2D eigenvalue weighted by molar-refractivity contribution is 0.1000. The normalized spacial score (nSPS) is 10.5. The van der Waals surface area contributed by atoms with Crippen molar-refractivity contribution in [2.75, 3.05) is 0 Å². The molecule has 0 atom stereocenters. The van der Waals surface area contributed by atoms with Gasteiger partial charge < -0.3 is 5.73 Å². The Bertz CT molecular complexity index is 568. The molecule has 2 aromatic rings. The molecule has 0 fully saturated rings. The summed E-state index contributed by atoms with van der Waals surface area (Å²) in [5.74, 6) is -0.394. The molecule has 0 aliphatic carbocycles. The molecular formula is C13H14N2OS. The molecule has 1 heterocycles. The quantitative estimate of drug-likeness (QED) is 0.885. The Balaban J connectivity index is 2.60. The molecule has 0 unspecified atom stereocenters. The number of hydrogen-bond donors (Lipinski definition) is 1. The first-order valence-corrected chi connectivity index (χ1v) is 6.16. The lowest BCUT2D eigenvalue weighted by Crippen LogP contribution is -2.12. The van der Waals surface area contributed by atoms with Crippen LogP contribution in [0, 0.1) is 20.8 Å². The van der Waals surface area contributed by atoms with E-state index in [0.717, 1.165) is 21.8 Å². The van der Waals surface area contributed by atoms with E-state index < -0.39 is 5.91 Å². The number of benzene rings is 1. The molecule has 3 nitrogen and oxygen atoms in total. The van der Waals surface area contributed by atoms with Crippen molar-refractivity contribution in [3.05, 3.63) is 39.9 Å². The maximum absolute atomic E-state index is 11.3. The second-order valence-corrected chi connectivity index (χ2v) is 5.21. The Morgan fingerprint density at radius 2 is 2.00 bits per heavy atom. The summed E-state index contributed by atoms with van der Waals surface area (Å²) in [6.07, 6.45) is 0. The second-order valence-electron chi connectivity index (χ2n) is 4.00. The Morgan fingerprint density at radius 1 is 1.29 bits per heavy atom. The highest BCUT2D eigenvalue weighted by atomic mass is 32.1. The van der Waals surface area contributed by atoms with Gasteiger partial charge in [-0.1, -0.05) is 12.1 Å². The van der Waals surface area contributed by atoms with Gasteiger partial charge in [-0.2, -0.15) is 0 Å². The summed E-state index contributed by atoms with van der Waals surface area (Å²) >= 11 is 1.64. The zero-order valence-corrected chi connectivity index (χ0v) is 10.9. The maximum atomic E-state index is 11.3. The molecule has 2 N–H and O–H groups in total. The Kier molecular flexibility index (Phi) is 2.98. The Hall–Kier alpha value is -1.68. The SMILES string of the molecule is Cc1nc(-c2cccc(C(N)=O)c2C)sc1C. The van der Waals surface area contributed by atoms with Gasteiger partial charge >= 0.3 is 0 Å². The number of nitrogens with zero attached hydrogens (tertiary/aromatic N) is 1. The smallest absolute Gasteiger partial charge is 0.248 e. The summed E-state index contributed by atoms with van der Waals surface area (Å²) in [5.41, 5.74) is 8.83. The van der Waals surface area contributed by atoms with Crippen molar-refractivity contribution in [3.63, 3.8) is 0 Å². The minimum atomic E-state index is -0.394. The number of primary amides is 1. The van der Waals surface area contributed by atoms with Crippen molar-refractivity contribution in [1.82, 2.24) is 4.98 Å². The number of amides is 1. The second kappa shape index (κ2) is 4.30. The van der Waals surface area contributed by atoms with Gasteiger partial charge in [0.05, 0.1) is 5.69 Å². The Labute approximate surface area is 104 Å². The predicted molar refractivity (Wildman–Crippen MR) is 70.3 cm³/mol. The number of thiazole rings is 1. The topological polar surface area (TPSA) is 56.0 Å². The van der Waals surface area contributed by atoms with E-state index >= 15 is 0 Å². The van der Waals surface area contributed by atoms with Crippen molar-refractivity contribution in [2.24, 2.45) is 5.73 Å². The fourth-order valence-corrected chi connectivity index (χ4v) is 2.72. The van der Waals surface area contributed by atoms with Crippen LogP contribution in [0.1, 0.15) is 26.5 Å². The number of aromatic nitrogens is 1. The summed E-state index contributed by atoms with van der Waals surface area (Å²) in [7, 11) is 0. The third kappa shape index (κ3) is 2.08. The summed E-state index contributed by atoms with van der Waals surface area (Å²) < 4.78 is 0. The van der Waals surface area contributed by atoms with E-state index in [1.165, 1.54) is 4.88 Å². The average molecular weight is 246 g/mol. The highest BCUT2D eigenvalue weighted by molar-refractivity contribution is 7.15. The van der Waals surface area contributed by atoms with Gasteiger partial charge in [-0.15, -0.1) is 11.3 Å². The molecule has 4 heteroatoms. The fourth-order valence-electron chi connectivity index (χ4n) is 1.72. The van der Waals surface area contributed by atoms with E-state index in [1.807, 2.05) is 32.9 Å². The van der Waals surface area contributed by atoms with Crippen molar-refractivity contribution in [2.45, 2.75) is 20.8 Å². The van der Waals surface area contributed by atoms with Gasteiger partial charge in [-0.25, -0.2) is 4.98 Å². The van der Waals surface area contributed by atoms with Crippen molar-refractivity contribution >= 4 is 17.2 Å². The molecule has 0 radical (unpaired) electrons. The van der Waals surface area contributed by atoms with E-state index in [9.17, 15) is 4.79 Å². The predicted octanol–water partition coefficient (Wildman–Crippen LogP) is 2.83. The van der Waals surface area contributed by atoms with Crippen LogP contribution in [0.4, 0.5) is 0 Å². The first-order valence-electron chi connectivity index (χ1n) is 5.34. The highest BCUT2D eigenvalue weighted by Gasteiger charge is 2.13. The Morgan fingerprint density at radius 3 is 2.53 bits per heavy atom. The molecule has 0 aliphatic rings.